The first-order valence-corrected chi connectivity index (χ1v) is 2.97. The van der Waals surface area contributed by atoms with E-state index in [1.807, 2.05) is 12.3 Å². The van der Waals surface area contributed by atoms with Crippen LogP contribution in [0.15, 0.2) is 24.4 Å². The van der Waals surface area contributed by atoms with Gasteiger partial charge in [-0.25, -0.2) is 4.52 Å². The molecule has 2 rings (SSSR count). The highest BCUT2D eigenvalue weighted by molar-refractivity contribution is 5.52. The van der Waals surface area contributed by atoms with E-state index in [1.54, 1.807) is 16.6 Å². The number of aromatic nitrogens is 2. The van der Waals surface area contributed by atoms with Crippen molar-refractivity contribution in [3.63, 3.8) is 0 Å². The lowest BCUT2D eigenvalue weighted by molar-refractivity contribution is 0.967. The minimum Gasteiger partial charge on any atom is -0.382 e. The third-order valence-electron chi connectivity index (χ3n) is 1.33. The van der Waals surface area contributed by atoms with Gasteiger partial charge >= 0.3 is 0 Å². The van der Waals surface area contributed by atoms with E-state index in [0.717, 1.165) is 5.52 Å². The molecule has 0 spiro atoms. The van der Waals surface area contributed by atoms with Crippen molar-refractivity contribution >= 4 is 11.3 Å². The average molecular weight is 132 g/mol. The van der Waals surface area contributed by atoms with E-state index in [0.29, 0.717) is 5.82 Å². The molecule has 2 aromatic rings. The highest BCUT2D eigenvalue weighted by Crippen LogP contribution is 2.05. The van der Waals surface area contributed by atoms with Crippen LogP contribution in [-0.4, -0.2) is 9.61 Å². The molecule has 2 aromatic heterocycles. The molecule has 0 aliphatic rings. The Morgan fingerprint density at radius 2 is 2.50 bits per heavy atom. The molecule has 0 fully saturated rings. The Morgan fingerprint density at radius 1 is 1.60 bits per heavy atom. The number of hydrogen-bond donors (Lipinski definition) is 1. The highest BCUT2D eigenvalue weighted by atomic mass is 15.2. The molecular formula is C7H6N3. The van der Waals surface area contributed by atoms with E-state index in [2.05, 4.69) is 11.2 Å². The van der Waals surface area contributed by atoms with Crippen LogP contribution >= 0.6 is 0 Å². The number of fused-ring (bicyclic) bond motifs is 1. The SMILES string of the molecule is Nc1cc2c[c]ccn2n1. The molecule has 2 heterocycles. The summed E-state index contributed by atoms with van der Waals surface area (Å²) >= 11 is 0. The van der Waals surface area contributed by atoms with Gasteiger partial charge in [0.1, 0.15) is 5.82 Å². The highest BCUT2D eigenvalue weighted by Gasteiger charge is 1.93. The van der Waals surface area contributed by atoms with Crippen molar-refractivity contribution in [2.24, 2.45) is 0 Å². The fourth-order valence-electron chi connectivity index (χ4n) is 0.903. The maximum absolute atomic E-state index is 5.44. The first-order valence-electron chi connectivity index (χ1n) is 2.97. The van der Waals surface area contributed by atoms with Crippen LogP contribution < -0.4 is 5.73 Å². The molecule has 0 unspecified atom stereocenters. The molecule has 0 atom stereocenters. The fraction of sp³-hybridized carbons (Fsp3) is 0. The predicted octanol–water partition coefficient (Wildman–Crippen LogP) is 0.717. The molecule has 3 nitrogen and oxygen atoms in total. The van der Waals surface area contributed by atoms with E-state index in [9.17, 15) is 0 Å². The third kappa shape index (κ3) is 0.639. The van der Waals surface area contributed by atoms with E-state index in [4.69, 9.17) is 5.73 Å². The summed E-state index contributed by atoms with van der Waals surface area (Å²) in [5.74, 6) is 0.541. The Hall–Kier alpha value is -1.51. The van der Waals surface area contributed by atoms with Crippen LogP contribution in [0.3, 0.4) is 0 Å². The van der Waals surface area contributed by atoms with Gasteiger partial charge in [-0.2, -0.15) is 5.10 Å². The van der Waals surface area contributed by atoms with Crippen LogP contribution in [0.5, 0.6) is 0 Å². The Bertz CT molecular complexity index is 317. The van der Waals surface area contributed by atoms with Crippen molar-refractivity contribution in [2.75, 3.05) is 5.73 Å². The van der Waals surface area contributed by atoms with Gasteiger partial charge in [0.05, 0.1) is 5.52 Å². The zero-order chi connectivity index (χ0) is 6.97. The number of nitrogen functional groups attached to an aromatic ring is 1. The van der Waals surface area contributed by atoms with Crippen LogP contribution in [-0.2, 0) is 0 Å². The van der Waals surface area contributed by atoms with Crippen LogP contribution in [0.4, 0.5) is 5.82 Å². The smallest absolute Gasteiger partial charge is 0.146 e. The summed E-state index contributed by atoms with van der Waals surface area (Å²) in [4.78, 5) is 0. The monoisotopic (exact) mass is 132 g/mol. The predicted molar refractivity (Wildman–Crippen MR) is 38.4 cm³/mol. The van der Waals surface area contributed by atoms with Crippen molar-refractivity contribution in [3.05, 3.63) is 30.5 Å². The third-order valence-corrected chi connectivity index (χ3v) is 1.33. The first kappa shape index (κ1) is 5.29. The van der Waals surface area contributed by atoms with E-state index in [1.165, 1.54) is 0 Å². The molecule has 0 aromatic carbocycles. The molecule has 49 valence electrons. The molecule has 0 amide bonds. The first-order chi connectivity index (χ1) is 4.86. The van der Waals surface area contributed by atoms with Crippen molar-refractivity contribution in [3.8, 4) is 0 Å². The van der Waals surface area contributed by atoms with Crippen LogP contribution in [0.2, 0.25) is 0 Å². The van der Waals surface area contributed by atoms with Gasteiger partial charge in [-0.05, 0) is 18.2 Å². The molecule has 0 aliphatic carbocycles. The number of anilines is 1. The van der Waals surface area contributed by atoms with Gasteiger partial charge in [0.25, 0.3) is 0 Å². The minimum atomic E-state index is 0.541. The van der Waals surface area contributed by atoms with Gasteiger partial charge in [-0.15, -0.1) is 0 Å². The summed E-state index contributed by atoms with van der Waals surface area (Å²) in [5.41, 5.74) is 6.42. The Labute approximate surface area is 58.1 Å². The second kappa shape index (κ2) is 1.73. The lowest BCUT2D eigenvalue weighted by atomic mass is 10.4. The normalized spacial score (nSPS) is 10.4. The van der Waals surface area contributed by atoms with Crippen molar-refractivity contribution in [2.45, 2.75) is 0 Å². The summed E-state index contributed by atoms with van der Waals surface area (Å²) in [7, 11) is 0. The zero-order valence-corrected chi connectivity index (χ0v) is 5.28. The van der Waals surface area contributed by atoms with E-state index < -0.39 is 0 Å². The summed E-state index contributed by atoms with van der Waals surface area (Å²) in [6.07, 6.45) is 1.81. The molecule has 0 bridgehead atoms. The largest absolute Gasteiger partial charge is 0.382 e. The van der Waals surface area contributed by atoms with Gasteiger partial charge in [0.2, 0.25) is 0 Å². The van der Waals surface area contributed by atoms with E-state index in [-0.39, 0.29) is 0 Å². The molecule has 3 heteroatoms. The minimum absolute atomic E-state index is 0.541. The summed E-state index contributed by atoms with van der Waals surface area (Å²) in [5, 5.41) is 3.99. The Morgan fingerprint density at radius 3 is 3.30 bits per heavy atom. The quantitative estimate of drug-likeness (QED) is 0.573. The second-order valence-electron chi connectivity index (χ2n) is 2.07. The molecule has 0 aliphatic heterocycles. The number of nitrogens with zero attached hydrogens (tertiary/aromatic N) is 2. The maximum Gasteiger partial charge on any atom is 0.146 e. The number of nitrogens with two attached hydrogens (primary N) is 1. The van der Waals surface area contributed by atoms with Gasteiger partial charge in [-0.1, -0.05) is 0 Å². The van der Waals surface area contributed by atoms with Gasteiger partial charge in [0, 0.05) is 12.3 Å². The number of rotatable bonds is 0. The molecule has 10 heavy (non-hydrogen) atoms. The maximum atomic E-state index is 5.44. The molecule has 1 radical (unpaired) electrons. The van der Waals surface area contributed by atoms with Crippen LogP contribution in [0.25, 0.3) is 5.52 Å². The molecule has 2 N–H and O–H groups in total. The van der Waals surface area contributed by atoms with Crippen LogP contribution in [0.1, 0.15) is 0 Å². The average Bonchev–Trinajstić information content (AvgIpc) is 2.27. The molecular weight excluding hydrogens is 126 g/mol. The molecule has 0 saturated carbocycles. The fourth-order valence-corrected chi connectivity index (χ4v) is 0.903. The van der Waals surface area contributed by atoms with Crippen LogP contribution in [0, 0.1) is 6.07 Å². The standard InChI is InChI=1S/C7H6N3/c8-7-5-6-3-1-2-4-10(6)9-7/h2-5H,(H2,8,9). The zero-order valence-electron chi connectivity index (χ0n) is 5.28. The summed E-state index contributed by atoms with van der Waals surface area (Å²) in [6.45, 7) is 0. The lowest BCUT2D eigenvalue weighted by Crippen LogP contribution is -1.87. The van der Waals surface area contributed by atoms with Crippen molar-refractivity contribution < 1.29 is 0 Å². The second-order valence-corrected chi connectivity index (χ2v) is 2.07. The van der Waals surface area contributed by atoms with Crippen molar-refractivity contribution in [1.82, 2.24) is 9.61 Å². The summed E-state index contributed by atoms with van der Waals surface area (Å²) in [6, 6.07) is 8.36. The molecule has 0 saturated heterocycles. The number of hydrogen-bond acceptors (Lipinski definition) is 2. The Balaban J connectivity index is 2.88. The van der Waals surface area contributed by atoms with Crippen molar-refractivity contribution in [1.29, 1.82) is 0 Å². The van der Waals surface area contributed by atoms with E-state index >= 15 is 0 Å². The van der Waals surface area contributed by atoms with Gasteiger partial charge in [-0.3, -0.25) is 0 Å². The summed E-state index contributed by atoms with van der Waals surface area (Å²) < 4.78 is 1.71. The van der Waals surface area contributed by atoms with Gasteiger partial charge < -0.3 is 5.73 Å². The lowest BCUT2D eigenvalue weighted by Gasteiger charge is -1.86. The van der Waals surface area contributed by atoms with Gasteiger partial charge in [0.15, 0.2) is 0 Å². The topological polar surface area (TPSA) is 43.3 Å². The number of pyridine rings is 1. The Kier molecular flexibility index (Phi) is 0.917.